The van der Waals surface area contributed by atoms with E-state index in [4.69, 9.17) is 4.74 Å². The van der Waals surface area contributed by atoms with Gasteiger partial charge in [0.15, 0.2) is 0 Å². The lowest BCUT2D eigenvalue weighted by Gasteiger charge is -2.13. The molecule has 0 bridgehead atoms. The molecule has 0 radical (unpaired) electrons. The van der Waals surface area contributed by atoms with E-state index in [1.165, 1.54) is 4.68 Å². The lowest BCUT2D eigenvalue weighted by molar-refractivity contribution is -0.136. The monoisotopic (exact) mass is 548 g/mol. The zero-order chi connectivity index (χ0) is 25.5. The van der Waals surface area contributed by atoms with Crippen molar-refractivity contribution >= 4 is 50.2 Å². The van der Waals surface area contributed by atoms with Crippen LogP contribution >= 0.6 is 15.9 Å². The first-order valence-corrected chi connectivity index (χ1v) is 12.2. The van der Waals surface area contributed by atoms with Crippen molar-refractivity contribution in [1.29, 1.82) is 0 Å². The molecular weight excluding hydrogens is 524 g/mol. The second kappa shape index (κ2) is 11.5. The van der Waals surface area contributed by atoms with E-state index in [1.54, 1.807) is 42.5 Å². The van der Waals surface area contributed by atoms with Gasteiger partial charge in [-0.05, 0) is 67.4 Å². The number of carbonyl (C=O) groups excluding carboxylic acids is 3. The third-order valence-electron chi connectivity index (χ3n) is 5.38. The van der Waals surface area contributed by atoms with Gasteiger partial charge in [0.05, 0.1) is 12.1 Å². The Balaban J connectivity index is 1.50. The Hall–Kier alpha value is -4.11. The molecule has 3 N–H and O–H groups in total. The lowest BCUT2D eigenvalue weighted by atomic mass is 10.1. The van der Waals surface area contributed by atoms with E-state index in [0.717, 1.165) is 10.0 Å². The molecular formula is C27H25BrN4O4. The van der Waals surface area contributed by atoms with Crippen LogP contribution in [0.4, 0.5) is 5.69 Å². The zero-order valence-electron chi connectivity index (χ0n) is 19.6. The van der Waals surface area contributed by atoms with Gasteiger partial charge in [0, 0.05) is 22.1 Å². The molecule has 36 heavy (non-hydrogen) atoms. The second-order valence-electron chi connectivity index (χ2n) is 7.91. The van der Waals surface area contributed by atoms with Gasteiger partial charge in [0.1, 0.15) is 11.4 Å². The van der Waals surface area contributed by atoms with Gasteiger partial charge in [-0.15, -0.1) is 0 Å². The lowest BCUT2D eigenvalue weighted by Crippen LogP contribution is -2.40. The number of fused-ring (bicyclic) bond motifs is 1. The molecule has 4 rings (SSSR count). The molecule has 3 amide bonds. The molecule has 0 saturated heterocycles. The fourth-order valence-electron chi connectivity index (χ4n) is 3.67. The van der Waals surface area contributed by atoms with Crippen LogP contribution in [0.5, 0.6) is 5.75 Å². The number of amides is 3. The van der Waals surface area contributed by atoms with Crippen LogP contribution in [0, 0.1) is 0 Å². The summed E-state index contributed by atoms with van der Waals surface area (Å²) in [5, 5.41) is 6.15. The summed E-state index contributed by atoms with van der Waals surface area (Å²) in [5.41, 5.74) is 4.91. The molecule has 4 aromatic rings. The number of carbonyl (C=O) groups is 3. The molecule has 8 nitrogen and oxygen atoms in total. The minimum atomic E-state index is -0.876. The van der Waals surface area contributed by atoms with Crippen molar-refractivity contribution in [3.05, 3.63) is 94.6 Å². The van der Waals surface area contributed by atoms with Crippen LogP contribution in [0.1, 0.15) is 23.0 Å². The Labute approximate surface area is 216 Å². The summed E-state index contributed by atoms with van der Waals surface area (Å²) in [6.45, 7) is 2.74. The molecule has 184 valence electrons. The Morgan fingerprint density at radius 2 is 1.67 bits per heavy atom. The number of aromatic nitrogens is 1. The standard InChI is InChI=1S/C27H25BrN4O4/c1-2-36-22-11-9-21(10-12-22)30-25(33)24-17-19-16-20(28)8-13-23(19)32(24)31-27(35)26(34)29-15-14-18-6-4-3-5-7-18/h3-13,16-17H,2,14-15H2,1H3,(H,29,34)(H,30,33)(H,31,35). The van der Waals surface area contributed by atoms with E-state index in [2.05, 4.69) is 32.0 Å². The van der Waals surface area contributed by atoms with Gasteiger partial charge in [-0.25, -0.2) is 4.68 Å². The Bertz CT molecular complexity index is 1380. The fraction of sp³-hybridized carbons (Fsp3) is 0.148. The Morgan fingerprint density at radius 3 is 2.39 bits per heavy atom. The van der Waals surface area contributed by atoms with Gasteiger partial charge in [-0.2, -0.15) is 0 Å². The number of rotatable bonds is 8. The second-order valence-corrected chi connectivity index (χ2v) is 8.83. The molecule has 1 heterocycles. The quantitative estimate of drug-likeness (QED) is 0.282. The first kappa shape index (κ1) is 25.0. The molecule has 0 aliphatic carbocycles. The number of hydrogen-bond donors (Lipinski definition) is 3. The molecule has 0 spiro atoms. The van der Waals surface area contributed by atoms with E-state index in [1.807, 2.05) is 43.3 Å². The maximum Gasteiger partial charge on any atom is 0.328 e. The van der Waals surface area contributed by atoms with Crippen molar-refractivity contribution in [2.75, 3.05) is 23.9 Å². The smallest absolute Gasteiger partial charge is 0.328 e. The highest BCUT2D eigenvalue weighted by Gasteiger charge is 2.21. The molecule has 3 aromatic carbocycles. The number of anilines is 1. The summed E-state index contributed by atoms with van der Waals surface area (Å²) >= 11 is 3.43. The van der Waals surface area contributed by atoms with Crippen molar-refractivity contribution in [2.24, 2.45) is 0 Å². The predicted octanol–water partition coefficient (Wildman–Crippen LogP) is 4.48. The molecule has 9 heteroatoms. The van der Waals surface area contributed by atoms with Gasteiger partial charge in [-0.1, -0.05) is 46.3 Å². The summed E-state index contributed by atoms with van der Waals surface area (Å²) in [7, 11) is 0. The highest BCUT2D eigenvalue weighted by atomic mass is 79.9. The number of hydrogen-bond acceptors (Lipinski definition) is 4. The Morgan fingerprint density at radius 1 is 0.917 bits per heavy atom. The molecule has 0 aliphatic heterocycles. The van der Waals surface area contributed by atoms with Gasteiger partial charge in [0.2, 0.25) is 0 Å². The van der Waals surface area contributed by atoms with E-state index < -0.39 is 17.7 Å². The van der Waals surface area contributed by atoms with Gasteiger partial charge in [-0.3, -0.25) is 19.8 Å². The number of nitrogens with one attached hydrogen (secondary N) is 3. The van der Waals surface area contributed by atoms with Crippen LogP contribution in [0.2, 0.25) is 0 Å². The normalized spacial score (nSPS) is 10.6. The van der Waals surface area contributed by atoms with E-state index in [0.29, 0.717) is 41.9 Å². The highest BCUT2D eigenvalue weighted by Crippen LogP contribution is 2.24. The molecule has 0 saturated carbocycles. The zero-order valence-corrected chi connectivity index (χ0v) is 21.2. The number of halogens is 1. The van der Waals surface area contributed by atoms with Crippen LogP contribution in [0.15, 0.2) is 83.3 Å². The molecule has 1 aromatic heterocycles. The van der Waals surface area contributed by atoms with Crippen molar-refractivity contribution < 1.29 is 19.1 Å². The maximum absolute atomic E-state index is 13.2. The molecule has 0 aliphatic rings. The third kappa shape index (κ3) is 6.11. The first-order valence-electron chi connectivity index (χ1n) is 11.4. The molecule has 0 fully saturated rings. The van der Waals surface area contributed by atoms with Crippen LogP contribution in [-0.2, 0) is 16.0 Å². The van der Waals surface area contributed by atoms with E-state index in [9.17, 15) is 14.4 Å². The first-order chi connectivity index (χ1) is 17.4. The summed E-state index contributed by atoms with van der Waals surface area (Å²) < 4.78 is 7.57. The van der Waals surface area contributed by atoms with Gasteiger partial charge in [0.25, 0.3) is 5.91 Å². The predicted molar refractivity (Wildman–Crippen MR) is 143 cm³/mol. The van der Waals surface area contributed by atoms with Crippen molar-refractivity contribution in [2.45, 2.75) is 13.3 Å². The summed E-state index contributed by atoms with van der Waals surface area (Å²) in [5.74, 6) is -1.42. The Kier molecular flexibility index (Phi) is 8.02. The summed E-state index contributed by atoms with van der Waals surface area (Å²) in [6.07, 6.45) is 0.593. The third-order valence-corrected chi connectivity index (χ3v) is 5.87. The average Bonchev–Trinajstić information content (AvgIpc) is 3.23. The minimum Gasteiger partial charge on any atom is -0.494 e. The van der Waals surface area contributed by atoms with Gasteiger partial charge < -0.3 is 15.4 Å². The average molecular weight is 549 g/mol. The van der Waals surface area contributed by atoms with Crippen molar-refractivity contribution in [1.82, 2.24) is 9.99 Å². The van der Waals surface area contributed by atoms with E-state index >= 15 is 0 Å². The van der Waals surface area contributed by atoms with Crippen LogP contribution < -0.4 is 20.8 Å². The topological polar surface area (TPSA) is 101 Å². The number of benzene rings is 3. The number of ether oxygens (including phenoxy) is 1. The van der Waals surface area contributed by atoms with Crippen LogP contribution in [-0.4, -0.2) is 35.5 Å². The maximum atomic E-state index is 13.2. The van der Waals surface area contributed by atoms with Gasteiger partial charge >= 0.3 is 11.8 Å². The molecule has 0 unspecified atom stereocenters. The van der Waals surface area contributed by atoms with Crippen molar-refractivity contribution in [3.63, 3.8) is 0 Å². The number of nitrogens with zero attached hydrogens (tertiary/aromatic N) is 1. The summed E-state index contributed by atoms with van der Waals surface area (Å²) in [4.78, 5) is 38.3. The SMILES string of the molecule is CCOc1ccc(NC(=O)c2cc3cc(Br)ccc3n2NC(=O)C(=O)NCCc2ccccc2)cc1. The highest BCUT2D eigenvalue weighted by molar-refractivity contribution is 9.10. The minimum absolute atomic E-state index is 0.169. The fourth-order valence-corrected chi connectivity index (χ4v) is 4.05. The molecule has 0 atom stereocenters. The van der Waals surface area contributed by atoms with Crippen LogP contribution in [0.3, 0.4) is 0 Å². The summed E-state index contributed by atoms with van der Waals surface area (Å²) in [6, 6.07) is 23.6. The van der Waals surface area contributed by atoms with Crippen LogP contribution in [0.25, 0.3) is 10.9 Å². The van der Waals surface area contributed by atoms with Crippen molar-refractivity contribution in [3.8, 4) is 5.75 Å². The largest absolute Gasteiger partial charge is 0.494 e. The van der Waals surface area contributed by atoms with E-state index in [-0.39, 0.29) is 5.69 Å².